The lowest BCUT2D eigenvalue weighted by Gasteiger charge is -2.14. The first-order valence-corrected chi connectivity index (χ1v) is 6.03. The van der Waals surface area contributed by atoms with Crippen LogP contribution in [0.4, 0.5) is 4.39 Å². The van der Waals surface area contributed by atoms with Gasteiger partial charge in [0.25, 0.3) is 0 Å². The van der Waals surface area contributed by atoms with Gasteiger partial charge in [-0.1, -0.05) is 6.07 Å². The van der Waals surface area contributed by atoms with E-state index in [4.69, 9.17) is 5.84 Å². The van der Waals surface area contributed by atoms with E-state index >= 15 is 0 Å². The van der Waals surface area contributed by atoms with E-state index in [1.807, 2.05) is 0 Å². The van der Waals surface area contributed by atoms with Gasteiger partial charge in [0, 0.05) is 6.42 Å². The molecule has 0 aliphatic heterocycles. The van der Waals surface area contributed by atoms with Crippen molar-refractivity contribution in [2.24, 2.45) is 12.9 Å². The summed E-state index contributed by atoms with van der Waals surface area (Å²) >= 11 is 3.11. The Kier molecular flexibility index (Phi) is 4.00. The predicted molar refractivity (Wildman–Crippen MR) is 66.7 cm³/mol. The van der Waals surface area contributed by atoms with Crippen LogP contribution in [-0.4, -0.2) is 20.2 Å². The number of nitrogens with one attached hydrogen (secondary N) is 1. The van der Waals surface area contributed by atoms with Crippen LogP contribution in [0, 0.1) is 5.82 Å². The quantitative estimate of drug-likeness (QED) is 0.646. The molecule has 0 aliphatic carbocycles. The van der Waals surface area contributed by atoms with E-state index < -0.39 is 0 Å². The van der Waals surface area contributed by atoms with Gasteiger partial charge >= 0.3 is 0 Å². The number of hydrogen-bond acceptors (Lipinski definition) is 5. The van der Waals surface area contributed by atoms with E-state index in [1.165, 1.54) is 10.9 Å². The molecular formula is C10H12BrFN6. The first kappa shape index (κ1) is 13.1. The van der Waals surface area contributed by atoms with Crippen LogP contribution in [-0.2, 0) is 13.5 Å². The Hall–Kier alpha value is -1.38. The number of nitrogens with two attached hydrogens (primary N) is 1. The van der Waals surface area contributed by atoms with Gasteiger partial charge in [-0.25, -0.2) is 4.39 Å². The van der Waals surface area contributed by atoms with Crippen LogP contribution in [0.3, 0.4) is 0 Å². The highest BCUT2D eigenvalue weighted by Crippen LogP contribution is 2.22. The molecule has 1 heterocycles. The van der Waals surface area contributed by atoms with Gasteiger partial charge in [-0.2, -0.15) is 4.80 Å². The highest BCUT2D eigenvalue weighted by molar-refractivity contribution is 9.10. The topological polar surface area (TPSA) is 81.7 Å². The molecule has 18 heavy (non-hydrogen) atoms. The third-order valence-electron chi connectivity index (χ3n) is 2.48. The number of hydrazine groups is 1. The summed E-state index contributed by atoms with van der Waals surface area (Å²) in [7, 11) is 1.68. The summed E-state index contributed by atoms with van der Waals surface area (Å²) in [6, 6.07) is 4.58. The molecule has 96 valence electrons. The number of hydrogen-bond donors (Lipinski definition) is 2. The minimum absolute atomic E-state index is 0.267. The van der Waals surface area contributed by atoms with Crippen molar-refractivity contribution in [3.05, 3.63) is 39.9 Å². The van der Waals surface area contributed by atoms with Crippen LogP contribution >= 0.6 is 15.9 Å². The lowest BCUT2D eigenvalue weighted by molar-refractivity contribution is 0.529. The maximum Gasteiger partial charge on any atom is 0.176 e. The molecule has 1 aromatic carbocycles. The Balaban J connectivity index is 2.19. The fourth-order valence-electron chi connectivity index (χ4n) is 1.59. The second-order valence-corrected chi connectivity index (χ2v) is 4.65. The predicted octanol–water partition coefficient (Wildman–Crippen LogP) is 0.859. The molecule has 0 amide bonds. The highest BCUT2D eigenvalue weighted by Gasteiger charge is 2.15. The molecular weight excluding hydrogens is 303 g/mol. The van der Waals surface area contributed by atoms with Gasteiger partial charge in [0.2, 0.25) is 0 Å². The van der Waals surface area contributed by atoms with E-state index in [0.29, 0.717) is 16.7 Å². The average Bonchev–Trinajstić information content (AvgIpc) is 2.75. The first-order valence-electron chi connectivity index (χ1n) is 5.24. The number of benzene rings is 1. The smallest absolute Gasteiger partial charge is 0.176 e. The molecule has 1 unspecified atom stereocenters. The first-order chi connectivity index (χ1) is 8.60. The Bertz CT molecular complexity index is 543. The van der Waals surface area contributed by atoms with E-state index in [2.05, 4.69) is 36.8 Å². The summed E-state index contributed by atoms with van der Waals surface area (Å²) in [6.45, 7) is 0. The maximum atomic E-state index is 13.5. The molecule has 3 N–H and O–H groups in total. The molecule has 0 saturated carbocycles. The van der Waals surface area contributed by atoms with Gasteiger partial charge < -0.3 is 0 Å². The van der Waals surface area contributed by atoms with Gasteiger partial charge in [-0.3, -0.25) is 11.3 Å². The zero-order valence-electron chi connectivity index (χ0n) is 9.64. The minimum Gasteiger partial charge on any atom is -0.271 e. The van der Waals surface area contributed by atoms with Crippen molar-refractivity contribution >= 4 is 15.9 Å². The van der Waals surface area contributed by atoms with Crippen LogP contribution in [0.2, 0.25) is 0 Å². The van der Waals surface area contributed by atoms with E-state index in [9.17, 15) is 4.39 Å². The van der Waals surface area contributed by atoms with Crippen molar-refractivity contribution in [2.75, 3.05) is 0 Å². The largest absolute Gasteiger partial charge is 0.271 e. The summed E-state index contributed by atoms with van der Waals surface area (Å²) in [5, 5.41) is 11.7. The van der Waals surface area contributed by atoms with Crippen molar-refractivity contribution in [1.29, 1.82) is 0 Å². The third-order valence-corrected chi connectivity index (χ3v) is 3.13. The lowest BCUT2D eigenvalue weighted by atomic mass is 10.0. The molecule has 1 aromatic heterocycles. The Morgan fingerprint density at radius 1 is 1.56 bits per heavy atom. The normalized spacial score (nSPS) is 12.7. The van der Waals surface area contributed by atoms with Gasteiger partial charge in [0.15, 0.2) is 5.82 Å². The average molecular weight is 315 g/mol. The van der Waals surface area contributed by atoms with Crippen LogP contribution in [0.15, 0.2) is 22.7 Å². The van der Waals surface area contributed by atoms with Crippen LogP contribution < -0.4 is 11.3 Å². The molecule has 0 saturated heterocycles. The van der Waals surface area contributed by atoms with Crippen molar-refractivity contribution in [3.63, 3.8) is 0 Å². The zero-order chi connectivity index (χ0) is 13.1. The number of halogens is 2. The molecule has 0 fully saturated rings. The van der Waals surface area contributed by atoms with Crippen LogP contribution in [0.25, 0.3) is 0 Å². The number of aromatic nitrogens is 4. The van der Waals surface area contributed by atoms with Gasteiger partial charge in [-0.05, 0) is 38.8 Å². The molecule has 2 aromatic rings. The van der Waals surface area contributed by atoms with E-state index in [-0.39, 0.29) is 11.9 Å². The highest BCUT2D eigenvalue weighted by atomic mass is 79.9. The molecule has 0 aliphatic rings. The fourth-order valence-corrected chi connectivity index (χ4v) is 1.84. The molecule has 1 atom stereocenters. The van der Waals surface area contributed by atoms with Crippen LogP contribution in [0.5, 0.6) is 0 Å². The number of nitrogens with zero attached hydrogens (tertiary/aromatic N) is 4. The lowest BCUT2D eigenvalue weighted by Crippen LogP contribution is -2.30. The molecule has 6 nitrogen and oxygen atoms in total. The molecule has 8 heteroatoms. The summed E-state index contributed by atoms with van der Waals surface area (Å²) in [5.41, 5.74) is 3.35. The molecule has 0 bridgehead atoms. The third kappa shape index (κ3) is 2.89. The van der Waals surface area contributed by atoms with Crippen LogP contribution in [0.1, 0.15) is 17.4 Å². The van der Waals surface area contributed by atoms with Gasteiger partial charge in [-0.15, -0.1) is 10.2 Å². The van der Waals surface area contributed by atoms with Gasteiger partial charge in [0.1, 0.15) is 5.82 Å². The van der Waals surface area contributed by atoms with Crippen molar-refractivity contribution in [3.8, 4) is 0 Å². The number of aryl methyl sites for hydroxylation is 1. The molecule has 0 spiro atoms. The van der Waals surface area contributed by atoms with Gasteiger partial charge in [0.05, 0.1) is 17.6 Å². The SMILES string of the molecule is Cn1nnc(CC(NN)c2ccc(Br)c(F)c2)n1. The molecule has 2 rings (SSSR count). The summed E-state index contributed by atoms with van der Waals surface area (Å²) in [6.07, 6.45) is 0.436. The Morgan fingerprint density at radius 2 is 2.33 bits per heavy atom. The van der Waals surface area contributed by atoms with Crippen molar-refractivity contribution < 1.29 is 4.39 Å². The fraction of sp³-hybridized carbons (Fsp3) is 0.300. The summed E-state index contributed by atoms with van der Waals surface area (Å²) in [5.74, 6) is 5.69. The number of tetrazole rings is 1. The zero-order valence-corrected chi connectivity index (χ0v) is 11.2. The number of rotatable bonds is 4. The summed E-state index contributed by atoms with van der Waals surface area (Å²) in [4.78, 5) is 1.37. The van der Waals surface area contributed by atoms with Crippen molar-refractivity contribution in [1.82, 2.24) is 25.6 Å². The molecule has 0 radical (unpaired) electrons. The minimum atomic E-state index is -0.333. The second-order valence-electron chi connectivity index (χ2n) is 3.79. The monoisotopic (exact) mass is 314 g/mol. The second kappa shape index (κ2) is 5.51. The van der Waals surface area contributed by atoms with E-state index in [0.717, 1.165) is 5.56 Å². The maximum absolute atomic E-state index is 13.5. The summed E-state index contributed by atoms with van der Waals surface area (Å²) < 4.78 is 13.9. The van der Waals surface area contributed by atoms with E-state index in [1.54, 1.807) is 19.2 Å². The Morgan fingerprint density at radius 3 is 2.89 bits per heavy atom. The standard InChI is InChI=1S/C10H12BrFN6/c1-18-16-10(15-17-18)5-9(14-13)6-2-3-7(11)8(12)4-6/h2-4,9,14H,5,13H2,1H3. The van der Waals surface area contributed by atoms with Crippen molar-refractivity contribution in [2.45, 2.75) is 12.5 Å². The Labute approximate surface area is 111 Å².